The minimum Gasteiger partial charge on any atom is -0.611 e. The van der Waals surface area contributed by atoms with Crippen molar-refractivity contribution in [1.82, 2.24) is 0 Å². The summed E-state index contributed by atoms with van der Waals surface area (Å²) in [7, 11) is 1.29. The van der Waals surface area contributed by atoms with E-state index in [1.165, 1.54) is 19.3 Å². The number of allylic oxidation sites excluding steroid dienone is 5. The molecule has 1 rings (SSSR count). The number of hydrogen-bond acceptors (Lipinski definition) is 2. The van der Waals surface area contributed by atoms with Crippen LogP contribution in [0.1, 0.15) is 0 Å². The maximum absolute atomic E-state index is 10.7. The zero-order chi connectivity index (χ0) is 8.97. The van der Waals surface area contributed by atoms with E-state index in [-0.39, 0.29) is 5.78 Å². The van der Waals surface area contributed by atoms with Gasteiger partial charge in [-0.15, -0.1) is 0 Å². The van der Waals surface area contributed by atoms with Crippen LogP contribution >= 0.6 is 0 Å². The molecule has 62 valence electrons. The number of ketones is 1. The van der Waals surface area contributed by atoms with Gasteiger partial charge in [0.25, 0.3) is 0 Å². The van der Waals surface area contributed by atoms with Crippen LogP contribution in [0.25, 0.3) is 0 Å². The van der Waals surface area contributed by atoms with Crippen molar-refractivity contribution in [2.24, 2.45) is 0 Å². The van der Waals surface area contributed by atoms with Crippen LogP contribution < -0.4 is 5.11 Å². The summed E-state index contributed by atoms with van der Waals surface area (Å²) >= 11 is 0. The fourth-order valence-electron chi connectivity index (χ4n) is 0.714. The molecular formula is C9H8O3. The van der Waals surface area contributed by atoms with Crippen LogP contribution in [-0.2, 0) is 4.74 Å². The topological polar surface area (TPSA) is 53.7 Å². The van der Waals surface area contributed by atoms with E-state index in [0.29, 0.717) is 5.57 Å². The van der Waals surface area contributed by atoms with Gasteiger partial charge in [-0.2, -0.15) is 0 Å². The molecule has 1 aliphatic rings. The van der Waals surface area contributed by atoms with Crippen molar-refractivity contribution in [3.05, 3.63) is 41.6 Å². The van der Waals surface area contributed by atoms with E-state index >= 15 is 0 Å². The van der Waals surface area contributed by atoms with Gasteiger partial charge in [-0.3, -0.25) is 4.79 Å². The summed E-state index contributed by atoms with van der Waals surface area (Å²) in [4.78, 5) is 8.90. The van der Waals surface area contributed by atoms with Gasteiger partial charge in [0, 0.05) is 17.7 Å². The van der Waals surface area contributed by atoms with Gasteiger partial charge < -0.3 is 9.84 Å². The zero-order valence-corrected chi connectivity index (χ0v) is 6.57. The lowest BCUT2D eigenvalue weighted by molar-refractivity contribution is -0.352. The summed E-state index contributed by atoms with van der Waals surface area (Å²) in [5, 5.41) is 10.7. The molecule has 0 saturated carbocycles. The average Bonchev–Trinajstić information content (AvgIpc) is 2.09. The van der Waals surface area contributed by atoms with Crippen LogP contribution in [-0.4, -0.2) is 17.7 Å². The molecule has 0 unspecified atom stereocenters. The van der Waals surface area contributed by atoms with E-state index in [0.717, 1.165) is 0 Å². The Morgan fingerprint density at radius 1 is 1.42 bits per heavy atom. The Hall–Kier alpha value is -1.73. The third-order valence-electron chi connectivity index (χ3n) is 1.30. The molecule has 0 aliphatic heterocycles. The van der Waals surface area contributed by atoms with Crippen LogP contribution in [0.3, 0.4) is 0 Å². The lowest BCUT2D eigenvalue weighted by atomic mass is 10.1. The number of hydrogen-bond donors (Lipinski definition) is 0. The second-order valence-corrected chi connectivity index (χ2v) is 2.16. The van der Waals surface area contributed by atoms with Gasteiger partial charge in [0.05, 0.1) is 5.95 Å². The summed E-state index contributed by atoms with van der Waals surface area (Å²) in [6.45, 7) is 0. The SMILES string of the molecule is COC([O-])=C=C1C=CC(=[OH+])C=C1. The smallest absolute Gasteiger partial charge is 0.340 e. The molecule has 1 N–H and O–H groups in total. The molecule has 3 nitrogen and oxygen atoms in total. The van der Waals surface area contributed by atoms with E-state index in [1.807, 2.05) is 0 Å². The van der Waals surface area contributed by atoms with Gasteiger partial charge in [0.2, 0.25) is 0 Å². The molecule has 0 aromatic carbocycles. The summed E-state index contributed by atoms with van der Waals surface area (Å²) in [5.74, 6) is -0.369. The summed E-state index contributed by atoms with van der Waals surface area (Å²) in [6, 6.07) is 0. The molecule has 0 spiro atoms. The summed E-state index contributed by atoms with van der Waals surface area (Å²) < 4.78 is 4.37. The van der Waals surface area contributed by atoms with E-state index < -0.39 is 5.95 Å². The number of rotatable bonds is 1. The Labute approximate surface area is 70.0 Å². The lowest BCUT2D eigenvalue weighted by Gasteiger charge is -2.03. The largest absolute Gasteiger partial charge is 0.611 e. The Kier molecular flexibility index (Phi) is 2.51. The highest BCUT2D eigenvalue weighted by Crippen LogP contribution is 2.04. The third-order valence-corrected chi connectivity index (χ3v) is 1.30. The molecule has 0 saturated heterocycles. The van der Waals surface area contributed by atoms with E-state index in [1.54, 1.807) is 12.2 Å². The normalized spacial score (nSPS) is 14.4. The Balaban J connectivity index is 2.94. The first-order chi connectivity index (χ1) is 5.72. The van der Waals surface area contributed by atoms with Crippen molar-refractivity contribution in [1.29, 1.82) is 0 Å². The number of methoxy groups -OCH3 is 1. The van der Waals surface area contributed by atoms with Crippen LogP contribution in [0, 0.1) is 0 Å². The van der Waals surface area contributed by atoms with E-state index in [9.17, 15) is 5.11 Å². The van der Waals surface area contributed by atoms with Crippen LogP contribution in [0.4, 0.5) is 0 Å². The van der Waals surface area contributed by atoms with Crippen molar-refractivity contribution in [3.8, 4) is 0 Å². The first kappa shape index (κ1) is 8.37. The fraction of sp³-hybridized carbons (Fsp3) is 0.111. The molecule has 0 aromatic rings. The zero-order valence-electron chi connectivity index (χ0n) is 6.57. The first-order valence-electron chi connectivity index (χ1n) is 3.36. The molecule has 0 atom stereocenters. The number of ether oxygens (including phenoxy) is 1. The van der Waals surface area contributed by atoms with Gasteiger partial charge in [-0.25, -0.2) is 0 Å². The summed E-state index contributed by atoms with van der Waals surface area (Å²) in [6.07, 6.45) is 6.11. The molecule has 12 heavy (non-hydrogen) atoms. The quantitative estimate of drug-likeness (QED) is 0.312. The fourth-order valence-corrected chi connectivity index (χ4v) is 0.714. The van der Waals surface area contributed by atoms with Crippen molar-refractivity contribution in [2.45, 2.75) is 0 Å². The Morgan fingerprint density at radius 3 is 2.50 bits per heavy atom. The van der Waals surface area contributed by atoms with Gasteiger partial charge in [-0.1, -0.05) is 5.73 Å². The van der Waals surface area contributed by atoms with E-state index in [2.05, 4.69) is 10.5 Å². The van der Waals surface area contributed by atoms with Crippen LogP contribution in [0.2, 0.25) is 0 Å². The minimum absolute atomic E-state index is 0.158. The molecule has 0 fully saturated rings. The first-order valence-corrected chi connectivity index (χ1v) is 3.36. The Morgan fingerprint density at radius 2 is 2.00 bits per heavy atom. The lowest BCUT2D eigenvalue weighted by Crippen LogP contribution is -2.03. The molecule has 0 heterocycles. The second kappa shape index (κ2) is 3.60. The summed E-state index contributed by atoms with van der Waals surface area (Å²) in [5.41, 5.74) is 3.03. The van der Waals surface area contributed by atoms with Crippen molar-refractivity contribution < 1.29 is 14.6 Å². The van der Waals surface area contributed by atoms with Gasteiger partial charge in [0.1, 0.15) is 0 Å². The molecule has 3 heteroatoms. The average molecular weight is 164 g/mol. The van der Waals surface area contributed by atoms with Gasteiger partial charge in [-0.05, 0) is 19.3 Å². The Bertz CT molecular complexity index is 297. The molecule has 1 aliphatic carbocycles. The standard InChI is InChI=1S/C9H8O3/c1-12-9(11)6-7-2-4-8(10)5-3-7/h2-5,11H,1H3. The maximum atomic E-state index is 10.7. The molecule has 0 bridgehead atoms. The highest BCUT2D eigenvalue weighted by Gasteiger charge is 2.01. The van der Waals surface area contributed by atoms with Crippen molar-refractivity contribution in [2.75, 3.05) is 7.11 Å². The highest BCUT2D eigenvalue weighted by atomic mass is 16.6. The van der Waals surface area contributed by atoms with Gasteiger partial charge >= 0.3 is 5.78 Å². The van der Waals surface area contributed by atoms with Crippen molar-refractivity contribution >= 4 is 5.78 Å². The van der Waals surface area contributed by atoms with Crippen LogP contribution in [0.5, 0.6) is 0 Å². The predicted molar refractivity (Wildman–Crippen MR) is 42.8 cm³/mol. The number of carbonyl (C=O) groups excluding carboxylic acids is 1. The van der Waals surface area contributed by atoms with Crippen molar-refractivity contribution in [3.63, 3.8) is 0 Å². The third kappa shape index (κ3) is 2.15. The molecule has 0 aromatic heterocycles. The van der Waals surface area contributed by atoms with Gasteiger partial charge in [0.15, 0.2) is 0 Å². The predicted octanol–water partition coefficient (Wildman–Crippen LogP) is 0.0307. The molecular weight excluding hydrogens is 156 g/mol. The van der Waals surface area contributed by atoms with E-state index in [4.69, 9.17) is 4.79 Å². The highest BCUT2D eigenvalue weighted by molar-refractivity contribution is 6.02. The molecule has 0 radical (unpaired) electrons. The monoisotopic (exact) mass is 164 g/mol. The van der Waals surface area contributed by atoms with Crippen LogP contribution in [0.15, 0.2) is 41.6 Å². The minimum atomic E-state index is -0.527. The second-order valence-electron chi connectivity index (χ2n) is 2.16. The molecule has 0 amide bonds. The maximum Gasteiger partial charge on any atom is 0.340 e.